The Bertz CT molecular complexity index is 1110. The summed E-state index contributed by atoms with van der Waals surface area (Å²) in [5.74, 6) is -0.498. The minimum absolute atomic E-state index is 0.111. The molecular weight excluding hydrogens is 474 g/mol. The lowest BCUT2D eigenvalue weighted by Crippen LogP contribution is -2.37. The van der Waals surface area contributed by atoms with Gasteiger partial charge in [0, 0.05) is 42.5 Å². The first-order valence-electron chi connectivity index (χ1n) is 11.4. The number of nitrogens with one attached hydrogen (secondary N) is 1. The van der Waals surface area contributed by atoms with Gasteiger partial charge < -0.3 is 10.2 Å². The lowest BCUT2D eigenvalue weighted by Gasteiger charge is -2.25. The summed E-state index contributed by atoms with van der Waals surface area (Å²) in [5, 5.41) is 3.39. The molecule has 1 heterocycles. The zero-order chi connectivity index (χ0) is 25.0. The third-order valence-corrected chi connectivity index (χ3v) is 7.63. The molecule has 1 N–H and O–H groups in total. The fraction of sp³-hybridized carbons (Fsp3) is 0.440. The van der Waals surface area contributed by atoms with E-state index in [1.807, 2.05) is 27.7 Å². The number of halogens is 1. The lowest BCUT2D eigenvalue weighted by atomic mass is 10.1. The maximum absolute atomic E-state index is 13.2. The molecule has 184 valence electrons. The van der Waals surface area contributed by atoms with Gasteiger partial charge in [0.1, 0.15) is 0 Å². The smallest absolute Gasteiger partial charge is 0.243 e. The summed E-state index contributed by atoms with van der Waals surface area (Å²) in [4.78, 5) is 27.0. The van der Waals surface area contributed by atoms with Gasteiger partial charge >= 0.3 is 0 Å². The van der Waals surface area contributed by atoms with E-state index in [-0.39, 0.29) is 41.5 Å². The molecule has 0 radical (unpaired) electrons. The zero-order valence-electron chi connectivity index (χ0n) is 20.0. The van der Waals surface area contributed by atoms with Crippen molar-refractivity contribution in [2.75, 3.05) is 29.9 Å². The second-order valence-electron chi connectivity index (χ2n) is 9.51. The van der Waals surface area contributed by atoms with Crippen molar-refractivity contribution < 1.29 is 18.0 Å². The Hall–Kier alpha value is -2.42. The van der Waals surface area contributed by atoms with Crippen molar-refractivity contribution in [2.24, 2.45) is 17.8 Å². The minimum Gasteiger partial charge on any atom is -0.326 e. The van der Waals surface area contributed by atoms with E-state index in [2.05, 4.69) is 5.32 Å². The Labute approximate surface area is 207 Å². The van der Waals surface area contributed by atoms with Crippen LogP contribution in [0.25, 0.3) is 0 Å². The van der Waals surface area contributed by atoms with Gasteiger partial charge in [-0.1, -0.05) is 39.3 Å². The number of sulfonamides is 1. The Morgan fingerprint density at radius 3 is 2.12 bits per heavy atom. The third kappa shape index (κ3) is 6.37. The Balaban J connectivity index is 1.67. The van der Waals surface area contributed by atoms with Crippen LogP contribution < -0.4 is 10.2 Å². The van der Waals surface area contributed by atoms with E-state index in [9.17, 15) is 18.0 Å². The Morgan fingerprint density at radius 2 is 1.59 bits per heavy atom. The highest BCUT2D eigenvalue weighted by atomic mass is 35.5. The van der Waals surface area contributed by atoms with Gasteiger partial charge in [-0.05, 0) is 60.4 Å². The van der Waals surface area contributed by atoms with Gasteiger partial charge in [0.15, 0.2) is 0 Å². The predicted octanol–water partition coefficient (Wildman–Crippen LogP) is 4.63. The molecule has 0 bridgehead atoms. The van der Waals surface area contributed by atoms with Gasteiger partial charge in [0.05, 0.1) is 10.8 Å². The maximum atomic E-state index is 13.2. The first-order chi connectivity index (χ1) is 16.0. The van der Waals surface area contributed by atoms with Crippen molar-refractivity contribution in [3.63, 3.8) is 0 Å². The molecule has 2 aromatic rings. The number of hydrogen-bond donors (Lipinski definition) is 1. The molecule has 0 spiro atoms. The van der Waals surface area contributed by atoms with Crippen LogP contribution in [0.4, 0.5) is 11.4 Å². The van der Waals surface area contributed by atoms with Crippen LogP contribution in [0.5, 0.6) is 0 Å². The van der Waals surface area contributed by atoms with E-state index in [4.69, 9.17) is 11.6 Å². The highest BCUT2D eigenvalue weighted by Crippen LogP contribution is 2.27. The molecule has 1 aliphatic rings. The van der Waals surface area contributed by atoms with Crippen LogP contribution in [-0.2, 0) is 19.6 Å². The fourth-order valence-electron chi connectivity index (χ4n) is 3.94. The number of amides is 2. The Morgan fingerprint density at radius 1 is 1.03 bits per heavy atom. The SMILES string of the molecule is CC(C)CN(CC(C)C)S(=O)(=O)c1ccc(NC(=O)C2CC(=O)N(c3ccc(Cl)cc3)C2)cc1. The number of carbonyl (C=O) groups excluding carboxylic acids is 2. The van der Waals surface area contributed by atoms with Crippen molar-refractivity contribution >= 4 is 44.8 Å². The van der Waals surface area contributed by atoms with Crippen LogP contribution in [0.3, 0.4) is 0 Å². The molecule has 1 saturated heterocycles. The Kier molecular flexibility index (Phi) is 8.38. The molecule has 2 amide bonds. The van der Waals surface area contributed by atoms with Crippen molar-refractivity contribution in [1.82, 2.24) is 4.31 Å². The van der Waals surface area contributed by atoms with Gasteiger partial charge in [0.2, 0.25) is 21.8 Å². The summed E-state index contributed by atoms with van der Waals surface area (Å²) < 4.78 is 27.8. The first-order valence-corrected chi connectivity index (χ1v) is 13.3. The molecule has 7 nitrogen and oxygen atoms in total. The monoisotopic (exact) mass is 505 g/mol. The molecule has 1 aliphatic heterocycles. The van der Waals surface area contributed by atoms with Crippen LogP contribution >= 0.6 is 11.6 Å². The van der Waals surface area contributed by atoms with E-state index in [1.54, 1.807) is 41.3 Å². The molecular formula is C25H32ClN3O4S. The molecule has 1 atom stereocenters. The number of hydrogen-bond acceptors (Lipinski definition) is 4. The van der Waals surface area contributed by atoms with Crippen molar-refractivity contribution in [3.8, 4) is 0 Å². The average molecular weight is 506 g/mol. The van der Waals surface area contributed by atoms with Crippen LogP contribution in [0.1, 0.15) is 34.1 Å². The van der Waals surface area contributed by atoms with Crippen LogP contribution in [-0.4, -0.2) is 44.2 Å². The molecule has 0 saturated carbocycles. The quantitative estimate of drug-likeness (QED) is 0.538. The molecule has 0 aliphatic carbocycles. The van der Waals surface area contributed by atoms with Crippen LogP contribution in [0.2, 0.25) is 5.02 Å². The molecule has 9 heteroatoms. The van der Waals surface area contributed by atoms with Crippen molar-refractivity contribution in [3.05, 3.63) is 53.6 Å². The third-order valence-electron chi connectivity index (χ3n) is 5.53. The van der Waals surface area contributed by atoms with E-state index in [0.717, 1.165) is 0 Å². The van der Waals surface area contributed by atoms with Gasteiger partial charge in [-0.15, -0.1) is 0 Å². The molecule has 1 fully saturated rings. The van der Waals surface area contributed by atoms with E-state index in [1.165, 1.54) is 16.4 Å². The first kappa shape index (κ1) is 26.2. The number of nitrogens with zero attached hydrogens (tertiary/aromatic N) is 2. The van der Waals surface area contributed by atoms with Gasteiger partial charge in [0.25, 0.3) is 0 Å². The summed E-state index contributed by atoms with van der Waals surface area (Å²) in [6.07, 6.45) is 0.111. The highest BCUT2D eigenvalue weighted by molar-refractivity contribution is 7.89. The maximum Gasteiger partial charge on any atom is 0.243 e. The van der Waals surface area contributed by atoms with E-state index < -0.39 is 15.9 Å². The number of anilines is 2. The van der Waals surface area contributed by atoms with E-state index in [0.29, 0.717) is 29.5 Å². The lowest BCUT2D eigenvalue weighted by molar-refractivity contribution is -0.122. The summed E-state index contributed by atoms with van der Waals surface area (Å²) in [6, 6.07) is 13.1. The molecule has 34 heavy (non-hydrogen) atoms. The normalized spacial score (nSPS) is 16.6. The topological polar surface area (TPSA) is 86.8 Å². The van der Waals surface area contributed by atoms with Gasteiger partial charge in [-0.25, -0.2) is 8.42 Å². The predicted molar refractivity (Wildman–Crippen MR) is 135 cm³/mol. The second kappa shape index (κ2) is 10.9. The van der Waals surface area contributed by atoms with Crippen molar-refractivity contribution in [1.29, 1.82) is 0 Å². The largest absolute Gasteiger partial charge is 0.326 e. The molecule has 0 aromatic heterocycles. The summed E-state index contributed by atoms with van der Waals surface area (Å²) in [7, 11) is -3.64. The number of benzene rings is 2. The van der Waals surface area contributed by atoms with Gasteiger partial charge in [-0.3, -0.25) is 9.59 Å². The van der Waals surface area contributed by atoms with Crippen molar-refractivity contribution in [2.45, 2.75) is 39.0 Å². The number of carbonyl (C=O) groups is 2. The summed E-state index contributed by atoms with van der Waals surface area (Å²) in [6.45, 7) is 9.12. The molecule has 3 rings (SSSR count). The second-order valence-corrected chi connectivity index (χ2v) is 11.9. The summed E-state index contributed by atoms with van der Waals surface area (Å²) in [5.41, 5.74) is 1.19. The number of rotatable bonds is 9. The van der Waals surface area contributed by atoms with E-state index >= 15 is 0 Å². The molecule has 2 aromatic carbocycles. The van der Waals surface area contributed by atoms with Crippen LogP contribution in [0.15, 0.2) is 53.4 Å². The zero-order valence-corrected chi connectivity index (χ0v) is 21.6. The fourth-order valence-corrected chi connectivity index (χ4v) is 5.84. The standard InChI is InChI=1S/C25H32ClN3O4S/c1-17(2)14-28(15-18(3)4)34(32,33)23-11-7-21(8-12-23)27-25(31)19-13-24(30)29(16-19)22-9-5-20(26)6-10-22/h5-12,17-19H,13-16H2,1-4H3,(H,27,31). The van der Waals surface area contributed by atoms with Crippen LogP contribution in [0, 0.1) is 17.8 Å². The van der Waals surface area contributed by atoms with Gasteiger partial charge in [-0.2, -0.15) is 4.31 Å². The minimum atomic E-state index is -3.64. The molecule has 1 unspecified atom stereocenters. The summed E-state index contributed by atoms with van der Waals surface area (Å²) >= 11 is 5.92. The average Bonchev–Trinajstić information content (AvgIpc) is 3.15. The highest BCUT2D eigenvalue weighted by Gasteiger charge is 2.35.